The lowest BCUT2D eigenvalue weighted by Gasteiger charge is -2.24. The van der Waals surface area contributed by atoms with Crippen molar-refractivity contribution in [2.75, 3.05) is 5.73 Å². The molecule has 4 N–H and O–H groups in total. The van der Waals surface area contributed by atoms with Gasteiger partial charge in [-0.25, -0.2) is 24.3 Å². The van der Waals surface area contributed by atoms with E-state index in [1.165, 1.54) is 19.1 Å². The number of hydrogen-bond acceptors (Lipinski definition) is 7. The van der Waals surface area contributed by atoms with Crippen LogP contribution < -0.4 is 5.73 Å². The number of aromatic amines is 1. The number of aliphatic hydroxyl groups is 1. The minimum atomic E-state index is -1.73. The fraction of sp³-hybridized carbons (Fsp3) is 0.136. The normalized spacial score (nSPS) is 13.4. The van der Waals surface area contributed by atoms with E-state index in [1.807, 2.05) is 13.2 Å². The second-order valence-electron chi connectivity index (χ2n) is 7.61. The van der Waals surface area contributed by atoms with E-state index in [-0.39, 0.29) is 17.2 Å². The molecule has 0 aliphatic carbocycles. The largest absolute Gasteiger partial charge is 0.379 e. The summed E-state index contributed by atoms with van der Waals surface area (Å²) >= 11 is 0. The Bertz CT molecular complexity index is 1460. The van der Waals surface area contributed by atoms with E-state index < -0.39 is 11.4 Å². The summed E-state index contributed by atoms with van der Waals surface area (Å²) in [5.74, 6) is -0.602. The van der Waals surface area contributed by atoms with Gasteiger partial charge in [0.05, 0.1) is 29.5 Å². The molecule has 0 spiro atoms. The van der Waals surface area contributed by atoms with Crippen LogP contribution in [0.1, 0.15) is 18.2 Å². The summed E-state index contributed by atoms with van der Waals surface area (Å²) in [4.78, 5) is 20.7. The molecule has 5 aromatic rings. The molecule has 1 atom stereocenters. The minimum Gasteiger partial charge on any atom is -0.379 e. The number of nitrogens with zero attached hydrogens (tertiary/aromatic N) is 6. The van der Waals surface area contributed by atoms with E-state index in [0.717, 1.165) is 5.56 Å². The first-order chi connectivity index (χ1) is 15.3. The summed E-state index contributed by atoms with van der Waals surface area (Å²) in [5.41, 5.74) is 8.13. The lowest BCUT2D eigenvalue weighted by atomic mass is 9.91. The number of rotatable bonds is 4. The van der Waals surface area contributed by atoms with E-state index in [2.05, 4.69) is 25.0 Å². The molecule has 0 fully saturated rings. The number of halogens is 1. The van der Waals surface area contributed by atoms with Gasteiger partial charge in [-0.2, -0.15) is 5.10 Å². The Morgan fingerprint density at radius 2 is 1.94 bits per heavy atom. The molecule has 5 rings (SSSR count). The van der Waals surface area contributed by atoms with E-state index in [1.54, 1.807) is 41.5 Å². The molecule has 0 aliphatic heterocycles. The molecule has 1 aromatic carbocycles. The zero-order chi connectivity index (χ0) is 22.5. The lowest BCUT2D eigenvalue weighted by molar-refractivity contribution is 0.0933. The van der Waals surface area contributed by atoms with Gasteiger partial charge in [-0.05, 0) is 19.1 Å². The zero-order valence-corrected chi connectivity index (χ0v) is 17.3. The first-order valence-corrected chi connectivity index (χ1v) is 9.79. The first-order valence-electron chi connectivity index (χ1n) is 9.79. The number of aryl methyl sites for hydroxylation is 1. The molecule has 4 aromatic heterocycles. The van der Waals surface area contributed by atoms with Gasteiger partial charge in [0, 0.05) is 36.1 Å². The molecular weight excluding hydrogens is 411 g/mol. The predicted octanol–water partition coefficient (Wildman–Crippen LogP) is 2.79. The topological polar surface area (TPSA) is 131 Å². The number of H-pyrrole nitrogens is 1. The van der Waals surface area contributed by atoms with Crippen LogP contribution >= 0.6 is 0 Å². The number of nitrogens with one attached hydrogen (secondary N) is 1. The molecule has 0 saturated heterocycles. The van der Waals surface area contributed by atoms with Crippen LogP contribution in [-0.2, 0) is 12.6 Å². The molecule has 0 bridgehead atoms. The van der Waals surface area contributed by atoms with Crippen molar-refractivity contribution in [1.82, 2.24) is 34.7 Å². The Morgan fingerprint density at radius 1 is 1.12 bits per heavy atom. The predicted molar refractivity (Wildman–Crippen MR) is 117 cm³/mol. The Balaban J connectivity index is 1.64. The first kappa shape index (κ1) is 19.8. The van der Waals surface area contributed by atoms with Crippen LogP contribution in [0, 0.1) is 5.82 Å². The van der Waals surface area contributed by atoms with Crippen molar-refractivity contribution < 1.29 is 9.50 Å². The molecule has 0 unspecified atom stereocenters. The average Bonchev–Trinajstić information content (AvgIpc) is 3.39. The van der Waals surface area contributed by atoms with E-state index in [9.17, 15) is 9.50 Å². The maximum absolute atomic E-state index is 14.4. The van der Waals surface area contributed by atoms with Crippen molar-refractivity contribution in [3.8, 4) is 22.5 Å². The summed E-state index contributed by atoms with van der Waals surface area (Å²) in [6.45, 7) is 1.46. The molecule has 32 heavy (non-hydrogen) atoms. The van der Waals surface area contributed by atoms with Crippen LogP contribution in [0.3, 0.4) is 0 Å². The highest BCUT2D eigenvalue weighted by molar-refractivity contribution is 5.90. The molecule has 0 saturated carbocycles. The third kappa shape index (κ3) is 3.26. The number of aromatic nitrogens is 7. The van der Waals surface area contributed by atoms with Crippen LogP contribution in [0.2, 0.25) is 0 Å². The third-order valence-corrected chi connectivity index (χ3v) is 5.30. The summed E-state index contributed by atoms with van der Waals surface area (Å²) in [6.07, 6.45) is 6.91. The van der Waals surface area contributed by atoms with E-state index in [0.29, 0.717) is 28.1 Å². The van der Waals surface area contributed by atoms with Crippen molar-refractivity contribution in [1.29, 1.82) is 0 Å². The molecule has 0 amide bonds. The molecule has 9 nitrogen and oxygen atoms in total. The monoisotopic (exact) mass is 430 g/mol. The molecule has 0 radical (unpaired) electrons. The van der Waals surface area contributed by atoms with Crippen molar-refractivity contribution in [3.05, 3.63) is 72.2 Å². The van der Waals surface area contributed by atoms with Gasteiger partial charge in [-0.3, -0.25) is 4.68 Å². The highest BCUT2D eigenvalue weighted by Gasteiger charge is 2.31. The molecule has 160 valence electrons. The number of fused-ring (bicyclic) bond motifs is 1. The van der Waals surface area contributed by atoms with Crippen LogP contribution in [0.15, 0.2) is 55.1 Å². The summed E-state index contributed by atoms with van der Waals surface area (Å²) in [6, 6.07) is 7.56. The van der Waals surface area contributed by atoms with Crippen molar-refractivity contribution in [2.24, 2.45) is 7.05 Å². The number of anilines is 1. The standard InChI is InChI=1S/C22H19FN8O/c1-22(32,14-5-3-4-6-15(14)23)18-7-16(29-21(24)30-18)13-9-25-20-19(13)28-17(10-26-20)12-8-27-31(2)11-12/h3-11,32H,1-2H3,(H,25,26)(H2,24,29,30)/t22-/m1/s1. The molecule has 10 heteroatoms. The van der Waals surface area contributed by atoms with Crippen molar-refractivity contribution in [2.45, 2.75) is 12.5 Å². The SMILES string of the molecule is Cn1cc(-c2cnc3[nH]cc(-c4cc([C@](C)(O)c5ccccc5F)nc(N)n4)c3n2)cn1. The molecule has 0 aliphatic rings. The second kappa shape index (κ2) is 7.20. The van der Waals surface area contributed by atoms with Gasteiger partial charge >= 0.3 is 0 Å². The van der Waals surface area contributed by atoms with E-state index >= 15 is 0 Å². The number of nitrogen functional groups attached to an aromatic ring is 1. The smallest absolute Gasteiger partial charge is 0.220 e. The van der Waals surface area contributed by atoms with Crippen LogP contribution in [0.5, 0.6) is 0 Å². The fourth-order valence-corrected chi connectivity index (χ4v) is 3.63. The summed E-state index contributed by atoms with van der Waals surface area (Å²) < 4.78 is 16.1. The minimum absolute atomic E-state index is 0.0557. The van der Waals surface area contributed by atoms with Crippen molar-refractivity contribution in [3.63, 3.8) is 0 Å². The number of hydrogen-bond donors (Lipinski definition) is 3. The Labute approximate surface area is 181 Å². The van der Waals surface area contributed by atoms with Gasteiger partial charge in [0.2, 0.25) is 5.95 Å². The summed E-state index contributed by atoms with van der Waals surface area (Å²) in [5, 5.41) is 15.3. The average molecular weight is 430 g/mol. The van der Waals surface area contributed by atoms with Crippen LogP contribution in [0.25, 0.3) is 33.7 Å². The molecular formula is C22H19FN8O. The molecule has 4 heterocycles. The number of nitrogens with two attached hydrogens (primary N) is 1. The second-order valence-corrected chi connectivity index (χ2v) is 7.61. The third-order valence-electron chi connectivity index (χ3n) is 5.30. The quantitative estimate of drug-likeness (QED) is 0.399. The van der Waals surface area contributed by atoms with Gasteiger partial charge in [0.15, 0.2) is 5.65 Å². The Kier molecular flexibility index (Phi) is 4.45. The maximum Gasteiger partial charge on any atom is 0.220 e. The lowest BCUT2D eigenvalue weighted by Crippen LogP contribution is -2.26. The highest BCUT2D eigenvalue weighted by atomic mass is 19.1. The van der Waals surface area contributed by atoms with Gasteiger partial charge < -0.3 is 15.8 Å². The van der Waals surface area contributed by atoms with E-state index in [4.69, 9.17) is 10.7 Å². The van der Waals surface area contributed by atoms with Gasteiger partial charge in [0.25, 0.3) is 0 Å². The van der Waals surface area contributed by atoms with Gasteiger partial charge in [-0.15, -0.1) is 0 Å². The van der Waals surface area contributed by atoms with Crippen LogP contribution in [-0.4, -0.2) is 39.8 Å². The van der Waals surface area contributed by atoms with Gasteiger partial charge in [-0.1, -0.05) is 18.2 Å². The Hall–Kier alpha value is -4.18. The highest BCUT2D eigenvalue weighted by Crippen LogP contribution is 2.33. The summed E-state index contributed by atoms with van der Waals surface area (Å²) in [7, 11) is 1.82. The Morgan fingerprint density at radius 3 is 2.69 bits per heavy atom. The van der Waals surface area contributed by atoms with Crippen LogP contribution in [0.4, 0.5) is 10.3 Å². The van der Waals surface area contributed by atoms with Gasteiger partial charge in [0.1, 0.15) is 16.9 Å². The zero-order valence-electron chi connectivity index (χ0n) is 17.3. The maximum atomic E-state index is 14.4. The number of benzene rings is 1. The fourth-order valence-electron chi connectivity index (χ4n) is 3.63. The van der Waals surface area contributed by atoms with Crippen molar-refractivity contribution >= 4 is 17.1 Å².